The van der Waals surface area contributed by atoms with Crippen LogP contribution in [0.2, 0.25) is 5.02 Å². The molecule has 7 nitrogen and oxygen atoms in total. The minimum Gasteiger partial charge on any atom is -0.354 e. The molecule has 36 heavy (non-hydrogen) atoms. The van der Waals surface area contributed by atoms with E-state index < -0.39 is 0 Å². The van der Waals surface area contributed by atoms with Crippen LogP contribution < -0.4 is 10.2 Å². The van der Waals surface area contributed by atoms with Crippen molar-refractivity contribution in [1.29, 1.82) is 0 Å². The molecule has 180 valence electrons. The van der Waals surface area contributed by atoms with Crippen LogP contribution in [0.1, 0.15) is 12.8 Å². The van der Waals surface area contributed by atoms with Gasteiger partial charge in [-0.2, -0.15) is 0 Å². The lowest BCUT2D eigenvalue weighted by molar-refractivity contribution is -0.120. The quantitative estimate of drug-likeness (QED) is 0.310. The van der Waals surface area contributed by atoms with Crippen LogP contribution in [-0.2, 0) is 4.79 Å². The first kappa shape index (κ1) is 22.7. The molecule has 0 spiro atoms. The number of carbonyl (C=O) groups excluding carboxylic acids is 1. The van der Waals surface area contributed by atoms with Gasteiger partial charge in [-0.25, -0.2) is 4.98 Å². The van der Waals surface area contributed by atoms with Gasteiger partial charge >= 0.3 is 0 Å². The second-order valence-corrected chi connectivity index (χ2v) is 10.2. The number of benzene rings is 2. The normalized spacial score (nSPS) is 15.8. The van der Waals surface area contributed by atoms with E-state index in [9.17, 15) is 4.79 Å². The number of halogens is 1. The Bertz CT molecular complexity index is 1480. The minimum absolute atomic E-state index is 0.0217. The average molecular weight is 515 g/mol. The van der Waals surface area contributed by atoms with Gasteiger partial charge in [0.25, 0.3) is 0 Å². The lowest BCUT2D eigenvalue weighted by atomic mass is 9.97. The van der Waals surface area contributed by atoms with Gasteiger partial charge in [0.2, 0.25) is 5.91 Å². The maximum atomic E-state index is 13.2. The smallest absolute Gasteiger partial charge is 0.229 e. The van der Waals surface area contributed by atoms with Crippen molar-refractivity contribution in [3.8, 4) is 22.5 Å². The number of aromatic nitrogens is 4. The Balaban J connectivity index is 1.12. The molecule has 2 aromatic carbocycles. The fraction of sp³-hybridized carbons (Fsp3) is 0.185. The molecule has 6 rings (SSSR count). The molecule has 0 radical (unpaired) electrons. The topological polar surface area (TPSA) is 75.4 Å². The highest BCUT2D eigenvalue weighted by molar-refractivity contribution is 7.15. The summed E-state index contributed by atoms with van der Waals surface area (Å²) in [6.07, 6.45) is 5.76. The Kier molecular flexibility index (Phi) is 6.13. The van der Waals surface area contributed by atoms with Crippen molar-refractivity contribution in [2.24, 2.45) is 5.92 Å². The van der Waals surface area contributed by atoms with Crippen molar-refractivity contribution in [2.75, 3.05) is 23.3 Å². The summed E-state index contributed by atoms with van der Waals surface area (Å²) < 4.78 is 2.01. The third kappa shape index (κ3) is 4.69. The van der Waals surface area contributed by atoms with E-state index in [1.165, 1.54) is 0 Å². The van der Waals surface area contributed by atoms with Crippen molar-refractivity contribution in [2.45, 2.75) is 12.8 Å². The first-order valence-electron chi connectivity index (χ1n) is 11.8. The Morgan fingerprint density at radius 2 is 1.92 bits per heavy atom. The summed E-state index contributed by atoms with van der Waals surface area (Å²) in [5.41, 5.74) is 4.40. The van der Waals surface area contributed by atoms with Gasteiger partial charge in [0.15, 0.2) is 10.8 Å². The average Bonchev–Trinajstić information content (AvgIpc) is 3.53. The number of amides is 1. The molecule has 0 saturated carbocycles. The van der Waals surface area contributed by atoms with Gasteiger partial charge in [-0.3, -0.25) is 9.20 Å². The Labute approximate surface area is 217 Å². The lowest BCUT2D eigenvalue weighted by Crippen LogP contribution is -2.41. The molecule has 1 amide bonds. The van der Waals surface area contributed by atoms with Crippen LogP contribution in [0.25, 0.3) is 27.5 Å². The summed E-state index contributed by atoms with van der Waals surface area (Å²) >= 11 is 7.58. The zero-order valence-electron chi connectivity index (χ0n) is 19.3. The maximum Gasteiger partial charge on any atom is 0.229 e. The number of rotatable bonds is 5. The summed E-state index contributed by atoms with van der Waals surface area (Å²) in [7, 11) is 0. The SMILES string of the molecule is O=C(Nc1cccc(-c2cn3ccsc3n2)c1)C1CCCN(c2ccc(-c3ccc(Cl)cc3)nn2)C1. The fourth-order valence-electron chi connectivity index (χ4n) is 4.53. The highest BCUT2D eigenvalue weighted by Gasteiger charge is 2.27. The summed E-state index contributed by atoms with van der Waals surface area (Å²) in [5, 5.41) is 14.7. The zero-order valence-corrected chi connectivity index (χ0v) is 20.9. The summed E-state index contributed by atoms with van der Waals surface area (Å²) in [5.74, 6) is 0.679. The highest BCUT2D eigenvalue weighted by atomic mass is 35.5. The standard InChI is InChI=1S/C27H23ClN6OS/c28-21-8-6-18(7-9-21)23-10-11-25(32-31-23)33-12-2-4-20(16-33)26(35)29-22-5-1-3-19(15-22)24-17-34-13-14-36-27(34)30-24/h1,3,5-11,13-15,17,20H,2,4,12,16H2,(H,29,35). The molecule has 1 aliphatic rings. The molecule has 0 bridgehead atoms. The molecule has 4 heterocycles. The number of carbonyl (C=O) groups is 1. The molecule has 1 aliphatic heterocycles. The second-order valence-electron chi connectivity index (χ2n) is 8.86. The van der Waals surface area contributed by atoms with Crippen LogP contribution in [0.5, 0.6) is 0 Å². The molecule has 1 saturated heterocycles. The molecule has 9 heteroatoms. The number of anilines is 2. The third-order valence-corrected chi connectivity index (χ3v) is 7.45. The number of nitrogens with one attached hydrogen (secondary N) is 1. The molecule has 1 N–H and O–H groups in total. The Morgan fingerprint density at radius 3 is 2.72 bits per heavy atom. The number of thiazole rings is 1. The number of imidazole rings is 1. The Hall–Kier alpha value is -3.75. The van der Waals surface area contributed by atoms with E-state index in [0.717, 1.165) is 58.4 Å². The monoisotopic (exact) mass is 514 g/mol. The van der Waals surface area contributed by atoms with Crippen molar-refractivity contribution in [3.63, 3.8) is 0 Å². The van der Waals surface area contributed by atoms with Crippen LogP contribution in [0.3, 0.4) is 0 Å². The van der Waals surface area contributed by atoms with E-state index in [0.29, 0.717) is 11.6 Å². The first-order chi connectivity index (χ1) is 17.6. The van der Waals surface area contributed by atoms with E-state index in [1.807, 2.05) is 82.8 Å². The molecule has 1 fully saturated rings. The molecule has 0 aliphatic carbocycles. The van der Waals surface area contributed by atoms with E-state index in [2.05, 4.69) is 25.4 Å². The van der Waals surface area contributed by atoms with E-state index >= 15 is 0 Å². The van der Waals surface area contributed by atoms with Gasteiger partial charge in [0.1, 0.15) is 0 Å². The minimum atomic E-state index is -0.127. The van der Waals surface area contributed by atoms with Crippen molar-refractivity contribution >= 4 is 45.3 Å². The zero-order chi connectivity index (χ0) is 24.5. The molecule has 1 unspecified atom stereocenters. The molecular formula is C27H23ClN6OS. The van der Waals surface area contributed by atoms with E-state index in [-0.39, 0.29) is 11.8 Å². The Morgan fingerprint density at radius 1 is 1.03 bits per heavy atom. The number of piperidine rings is 1. The summed E-state index contributed by atoms with van der Waals surface area (Å²) in [4.78, 5) is 20.9. The van der Waals surface area contributed by atoms with Crippen molar-refractivity contribution in [1.82, 2.24) is 19.6 Å². The molecular weight excluding hydrogens is 492 g/mol. The van der Waals surface area contributed by atoms with Crippen LogP contribution in [0, 0.1) is 5.92 Å². The third-order valence-electron chi connectivity index (χ3n) is 6.43. The summed E-state index contributed by atoms with van der Waals surface area (Å²) in [6.45, 7) is 1.46. The van der Waals surface area contributed by atoms with Crippen LogP contribution in [-0.4, -0.2) is 38.6 Å². The summed E-state index contributed by atoms with van der Waals surface area (Å²) in [6, 6.07) is 19.3. The highest BCUT2D eigenvalue weighted by Crippen LogP contribution is 2.27. The largest absolute Gasteiger partial charge is 0.354 e. The van der Waals surface area contributed by atoms with Gasteiger partial charge in [0.05, 0.1) is 17.3 Å². The predicted octanol–water partition coefficient (Wildman–Crippen LogP) is 6.03. The lowest BCUT2D eigenvalue weighted by Gasteiger charge is -2.32. The molecule has 1 atom stereocenters. The van der Waals surface area contributed by atoms with Crippen molar-refractivity contribution in [3.05, 3.63) is 83.5 Å². The van der Waals surface area contributed by atoms with E-state index in [4.69, 9.17) is 11.6 Å². The van der Waals surface area contributed by atoms with Gasteiger partial charge in [-0.05, 0) is 49.2 Å². The van der Waals surface area contributed by atoms with Gasteiger partial charge in [0, 0.05) is 52.7 Å². The number of fused-ring (bicyclic) bond motifs is 1. The fourth-order valence-corrected chi connectivity index (χ4v) is 5.36. The van der Waals surface area contributed by atoms with E-state index in [1.54, 1.807) is 11.3 Å². The molecule has 5 aromatic rings. The predicted molar refractivity (Wildman–Crippen MR) is 145 cm³/mol. The maximum absolute atomic E-state index is 13.2. The number of hydrogen-bond acceptors (Lipinski definition) is 6. The van der Waals surface area contributed by atoms with Crippen molar-refractivity contribution < 1.29 is 4.79 Å². The second kappa shape index (κ2) is 9.72. The van der Waals surface area contributed by atoms with Gasteiger partial charge in [-0.1, -0.05) is 35.9 Å². The molecule has 3 aromatic heterocycles. The van der Waals surface area contributed by atoms with Crippen LogP contribution in [0.4, 0.5) is 11.5 Å². The van der Waals surface area contributed by atoms with Gasteiger partial charge < -0.3 is 10.2 Å². The van der Waals surface area contributed by atoms with Crippen LogP contribution in [0.15, 0.2) is 78.4 Å². The number of nitrogens with zero attached hydrogens (tertiary/aromatic N) is 5. The first-order valence-corrected chi connectivity index (χ1v) is 13.1. The van der Waals surface area contributed by atoms with Gasteiger partial charge in [-0.15, -0.1) is 21.5 Å². The number of hydrogen-bond donors (Lipinski definition) is 1. The van der Waals surface area contributed by atoms with Crippen LogP contribution >= 0.6 is 22.9 Å².